The van der Waals surface area contributed by atoms with E-state index >= 15 is 0 Å². The van der Waals surface area contributed by atoms with Gasteiger partial charge < -0.3 is 5.32 Å². The zero-order valence-electron chi connectivity index (χ0n) is 17.3. The van der Waals surface area contributed by atoms with Crippen molar-refractivity contribution in [2.75, 3.05) is 5.32 Å². The van der Waals surface area contributed by atoms with Gasteiger partial charge in [0.1, 0.15) is 11.1 Å². The number of amides is 2. The summed E-state index contributed by atoms with van der Waals surface area (Å²) in [6, 6.07) is 19.8. The third-order valence-electron chi connectivity index (χ3n) is 5.34. The molecule has 166 valence electrons. The van der Waals surface area contributed by atoms with Crippen LogP contribution in [0.1, 0.15) is 29.3 Å². The van der Waals surface area contributed by atoms with Gasteiger partial charge in [-0.2, -0.15) is 10.1 Å². The second-order valence-corrected chi connectivity index (χ2v) is 9.69. The molecule has 1 aromatic heterocycles. The van der Waals surface area contributed by atoms with E-state index in [0.29, 0.717) is 11.6 Å². The van der Waals surface area contributed by atoms with Gasteiger partial charge in [-0.15, -0.1) is 11.3 Å². The summed E-state index contributed by atoms with van der Waals surface area (Å²) in [6.07, 6.45) is 0.590. The van der Waals surface area contributed by atoms with Crippen molar-refractivity contribution in [3.8, 4) is 0 Å². The normalized spacial score (nSPS) is 20.0. The lowest BCUT2D eigenvalue weighted by Gasteiger charge is -2.23. The number of thiophene rings is 1. The number of nitrogens with zero attached hydrogens (tertiary/aromatic N) is 3. The van der Waals surface area contributed by atoms with Crippen LogP contribution < -0.4 is 5.32 Å². The second kappa shape index (κ2) is 9.29. The van der Waals surface area contributed by atoms with Gasteiger partial charge in [-0.1, -0.05) is 60.3 Å². The van der Waals surface area contributed by atoms with Crippen LogP contribution in [0.2, 0.25) is 0 Å². The Hall–Kier alpha value is -3.30. The first kappa shape index (κ1) is 21.5. The number of carbonyl (C=O) groups is 2. The number of anilines is 1. The van der Waals surface area contributed by atoms with Crippen LogP contribution in [0, 0.1) is 5.82 Å². The predicted octanol–water partition coefficient (Wildman–Crippen LogP) is 5.07. The molecular formula is C24H19FN4O2S2. The summed E-state index contributed by atoms with van der Waals surface area (Å²) in [7, 11) is 0. The standard InChI is InChI=1S/C24H19FN4O2S2/c25-16-9-4-5-10-17(16)26-22(30)14-21-23(31)27-24(33-21)29-19(15-7-2-1-3-8-15)13-18(28-29)20-11-6-12-32-20/h1-12,19,21H,13-14H2,(H,26,30)/t19-,21-/m1/s1. The number of hydrogen-bond donors (Lipinski definition) is 1. The SMILES string of the molecule is O=C(C[C@H]1SC(N2N=C(c3cccs3)C[C@@H]2c2ccccc2)=NC1=O)Nc1ccccc1F. The van der Waals surface area contributed by atoms with E-state index in [9.17, 15) is 14.0 Å². The molecule has 2 aliphatic heterocycles. The van der Waals surface area contributed by atoms with Gasteiger partial charge in [-0.05, 0) is 29.1 Å². The summed E-state index contributed by atoms with van der Waals surface area (Å²) in [5, 5.41) is 10.9. The number of hydrazone groups is 1. The molecule has 3 aromatic rings. The molecule has 0 fully saturated rings. The van der Waals surface area contributed by atoms with Crippen LogP contribution in [0.5, 0.6) is 0 Å². The molecule has 0 aliphatic carbocycles. The highest BCUT2D eigenvalue weighted by Crippen LogP contribution is 2.39. The van der Waals surface area contributed by atoms with Crippen molar-refractivity contribution in [1.29, 1.82) is 0 Å². The Balaban J connectivity index is 1.33. The number of halogens is 1. The summed E-state index contributed by atoms with van der Waals surface area (Å²) in [5.41, 5.74) is 2.10. The number of hydrogen-bond acceptors (Lipinski definition) is 6. The maximum Gasteiger partial charge on any atom is 0.262 e. The van der Waals surface area contributed by atoms with Crippen LogP contribution in [0.25, 0.3) is 0 Å². The molecule has 0 unspecified atom stereocenters. The first-order chi connectivity index (χ1) is 16.1. The molecule has 2 aromatic carbocycles. The van der Waals surface area contributed by atoms with Gasteiger partial charge in [-0.25, -0.2) is 9.40 Å². The Morgan fingerprint density at radius 1 is 1.09 bits per heavy atom. The number of rotatable bonds is 5. The van der Waals surface area contributed by atoms with Gasteiger partial charge in [0.15, 0.2) is 5.17 Å². The number of aliphatic imine (C=N–C) groups is 1. The topological polar surface area (TPSA) is 74.1 Å². The highest BCUT2D eigenvalue weighted by atomic mass is 32.2. The van der Waals surface area contributed by atoms with Crippen LogP contribution in [0.4, 0.5) is 10.1 Å². The van der Waals surface area contributed by atoms with Crippen molar-refractivity contribution < 1.29 is 14.0 Å². The number of para-hydroxylation sites is 1. The van der Waals surface area contributed by atoms with E-state index in [-0.39, 0.29) is 24.1 Å². The van der Waals surface area contributed by atoms with Gasteiger partial charge in [0.2, 0.25) is 5.91 Å². The third kappa shape index (κ3) is 4.60. The fraction of sp³-hybridized carbons (Fsp3) is 0.167. The quantitative estimate of drug-likeness (QED) is 0.556. The minimum atomic E-state index is -0.677. The lowest BCUT2D eigenvalue weighted by atomic mass is 10.0. The van der Waals surface area contributed by atoms with Gasteiger partial charge >= 0.3 is 0 Å². The first-order valence-electron chi connectivity index (χ1n) is 10.4. The highest BCUT2D eigenvalue weighted by molar-refractivity contribution is 8.15. The van der Waals surface area contributed by atoms with E-state index < -0.39 is 17.0 Å². The van der Waals surface area contributed by atoms with Crippen molar-refractivity contribution in [2.45, 2.75) is 24.1 Å². The van der Waals surface area contributed by atoms with Gasteiger partial charge in [-0.3, -0.25) is 9.59 Å². The molecule has 2 atom stereocenters. The molecule has 0 radical (unpaired) electrons. The van der Waals surface area contributed by atoms with Gasteiger partial charge in [0.05, 0.1) is 22.3 Å². The molecule has 6 nitrogen and oxygen atoms in total. The lowest BCUT2D eigenvalue weighted by molar-refractivity contribution is -0.121. The summed E-state index contributed by atoms with van der Waals surface area (Å²) >= 11 is 2.84. The third-order valence-corrected chi connectivity index (χ3v) is 7.40. The molecule has 1 N–H and O–H groups in total. The van der Waals surface area contributed by atoms with Crippen molar-refractivity contribution in [3.05, 3.63) is 88.4 Å². The Kier molecular flexibility index (Phi) is 6.06. The summed E-state index contributed by atoms with van der Waals surface area (Å²) in [6.45, 7) is 0. The lowest BCUT2D eigenvalue weighted by Crippen LogP contribution is -2.25. The number of carbonyl (C=O) groups excluding carboxylic acids is 2. The van der Waals surface area contributed by atoms with E-state index in [4.69, 9.17) is 5.10 Å². The monoisotopic (exact) mass is 478 g/mol. The molecular weight excluding hydrogens is 459 g/mol. The molecule has 9 heteroatoms. The Labute approximate surface area is 198 Å². The van der Waals surface area contributed by atoms with Crippen LogP contribution in [0.3, 0.4) is 0 Å². The number of amidine groups is 1. The average molecular weight is 479 g/mol. The number of thioether (sulfide) groups is 1. The van der Waals surface area contributed by atoms with Crippen molar-refractivity contribution in [3.63, 3.8) is 0 Å². The summed E-state index contributed by atoms with van der Waals surface area (Å²) in [4.78, 5) is 30.4. The molecule has 3 heterocycles. The Morgan fingerprint density at radius 3 is 2.64 bits per heavy atom. The molecule has 5 rings (SSSR count). The fourth-order valence-corrected chi connectivity index (χ4v) is 5.53. The number of nitrogens with one attached hydrogen (secondary N) is 1. The largest absolute Gasteiger partial charge is 0.324 e. The van der Waals surface area contributed by atoms with Crippen LogP contribution in [0.15, 0.2) is 82.2 Å². The van der Waals surface area contributed by atoms with E-state index in [2.05, 4.69) is 10.3 Å². The Morgan fingerprint density at radius 2 is 1.88 bits per heavy atom. The summed E-state index contributed by atoms with van der Waals surface area (Å²) in [5.74, 6) is -1.34. The smallest absolute Gasteiger partial charge is 0.262 e. The zero-order valence-corrected chi connectivity index (χ0v) is 19.0. The maximum atomic E-state index is 13.8. The molecule has 0 spiro atoms. The Bertz CT molecular complexity index is 1240. The average Bonchev–Trinajstić information content (AvgIpc) is 3.56. The minimum absolute atomic E-state index is 0.0895. The molecule has 2 aliphatic rings. The molecule has 33 heavy (non-hydrogen) atoms. The van der Waals surface area contributed by atoms with Crippen molar-refractivity contribution >= 4 is 51.5 Å². The molecule has 0 saturated heterocycles. The molecule has 2 amide bonds. The van der Waals surface area contributed by atoms with Crippen molar-refractivity contribution in [1.82, 2.24) is 5.01 Å². The zero-order chi connectivity index (χ0) is 22.8. The van der Waals surface area contributed by atoms with E-state index in [1.165, 1.54) is 23.9 Å². The van der Waals surface area contributed by atoms with Crippen LogP contribution in [-0.2, 0) is 9.59 Å². The van der Waals surface area contributed by atoms with Crippen LogP contribution in [-0.4, -0.2) is 33.0 Å². The van der Waals surface area contributed by atoms with E-state index in [1.54, 1.807) is 28.5 Å². The minimum Gasteiger partial charge on any atom is -0.324 e. The predicted molar refractivity (Wildman–Crippen MR) is 130 cm³/mol. The molecule has 0 bridgehead atoms. The van der Waals surface area contributed by atoms with Gasteiger partial charge in [0, 0.05) is 12.8 Å². The highest BCUT2D eigenvalue weighted by Gasteiger charge is 2.39. The summed E-state index contributed by atoms with van der Waals surface area (Å²) < 4.78 is 13.8. The fourth-order valence-electron chi connectivity index (χ4n) is 3.75. The molecule has 0 saturated carbocycles. The van der Waals surface area contributed by atoms with E-state index in [0.717, 1.165) is 16.2 Å². The maximum absolute atomic E-state index is 13.8. The van der Waals surface area contributed by atoms with Crippen LogP contribution >= 0.6 is 23.1 Å². The second-order valence-electron chi connectivity index (χ2n) is 7.57. The number of benzene rings is 2. The van der Waals surface area contributed by atoms with Crippen molar-refractivity contribution in [2.24, 2.45) is 10.1 Å². The van der Waals surface area contributed by atoms with Gasteiger partial charge in [0.25, 0.3) is 5.91 Å². The first-order valence-corrected chi connectivity index (χ1v) is 12.1. The van der Waals surface area contributed by atoms with E-state index in [1.807, 2.05) is 47.8 Å².